The van der Waals surface area contributed by atoms with Crippen molar-refractivity contribution in [1.29, 1.82) is 0 Å². The standard InChI is InChI=1S/C13H15BrN2O2/c1-9(2)15-7-11-8-17-13(16-11)18-12-5-3-4-10(14)6-12/h3-6,8-9,15H,7H2,1-2H3. The third-order valence-electron chi connectivity index (χ3n) is 2.22. The summed E-state index contributed by atoms with van der Waals surface area (Å²) in [5.41, 5.74) is 0.827. The Morgan fingerprint density at radius 3 is 3.00 bits per heavy atom. The first-order valence-corrected chi connectivity index (χ1v) is 6.54. The highest BCUT2D eigenvalue weighted by molar-refractivity contribution is 9.10. The van der Waals surface area contributed by atoms with Gasteiger partial charge in [0, 0.05) is 17.1 Å². The normalized spacial score (nSPS) is 10.9. The molecule has 1 heterocycles. The molecule has 0 radical (unpaired) electrons. The highest BCUT2D eigenvalue weighted by Gasteiger charge is 2.06. The molecule has 0 aliphatic rings. The van der Waals surface area contributed by atoms with E-state index in [1.165, 1.54) is 0 Å². The van der Waals surface area contributed by atoms with Crippen molar-refractivity contribution in [2.24, 2.45) is 0 Å². The largest absolute Gasteiger partial charge is 0.417 e. The molecule has 1 N–H and O–H groups in total. The maximum Gasteiger partial charge on any atom is 0.399 e. The highest BCUT2D eigenvalue weighted by Crippen LogP contribution is 2.23. The van der Waals surface area contributed by atoms with Gasteiger partial charge in [0.05, 0.1) is 5.69 Å². The lowest BCUT2D eigenvalue weighted by molar-refractivity contribution is 0.330. The molecule has 0 saturated carbocycles. The number of benzene rings is 1. The maximum absolute atomic E-state index is 5.51. The molecular weight excluding hydrogens is 296 g/mol. The van der Waals surface area contributed by atoms with Crippen molar-refractivity contribution < 1.29 is 9.15 Å². The number of rotatable bonds is 5. The molecule has 0 unspecified atom stereocenters. The van der Waals surface area contributed by atoms with Crippen LogP contribution in [0.15, 0.2) is 39.4 Å². The van der Waals surface area contributed by atoms with E-state index in [-0.39, 0.29) is 6.08 Å². The first-order chi connectivity index (χ1) is 8.63. The molecule has 0 atom stereocenters. The van der Waals surface area contributed by atoms with Crippen LogP contribution in [0.1, 0.15) is 19.5 Å². The first kappa shape index (κ1) is 13.1. The quantitative estimate of drug-likeness (QED) is 0.914. The predicted octanol–water partition coefficient (Wildman–Crippen LogP) is 3.73. The molecule has 4 nitrogen and oxygen atoms in total. The SMILES string of the molecule is CC(C)NCc1coc(Oc2cccc(Br)c2)n1. The fourth-order valence-electron chi connectivity index (χ4n) is 1.36. The van der Waals surface area contributed by atoms with Gasteiger partial charge in [0.2, 0.25) is 0 Å². The van der Waals surface area contributed by atoms with Crippen LogP contribution in [-0.2, 0) is 6.54 Å². The molecule has 18 heavy (non-hydrogen) atoms. The third-order valence-corrected chi connectivity index (χ3v) is 2.72. The summed E-state index contributed by atoms with van der Waals surface area (Å²) in [6, 6.07) is 7.94. The van der Waals surface area contributed by atoms with Gasteiger partial charge in [0.15, 0.2) is 0 Å². The van der Waals surface area contributed by atoms with Crippen LogP contribution in [0.5, 0.6) is 11.8 Å². The van der Waals surface area contributed by atoms with Crippen molar-refractivity contribution >= 4 is 15.9 Å². The van der Waals surface area contributed by atoms with Crippen LogP contribution >= 0.6 is 15.9 Å². The van der Waals surface area contributed by atoms with Gasteiger partial charge in [0.1, 0.15) is 12.0 Å². The van der Waals surface area contributed by atoms with Crippen molar-refractivity contribution in [3.63, 3.8) is 0 Å². The molecule has 2 aromatic rings. The number of hydrogen-bond acceptors (Lipinski definition) is 4. The van der Waals surface area contributed by atoms with E-state index >= 15 is 0 Å². The Balaban J connectivity index is 1.98. The Bertz CT molecular complexity index is 511. The Hall–Kier alpha value is -1.33. The second kappa shape index (κ2) is 6.02. The maximum atomic E-state index is 5.51. The molecule has 96 valence electrons. The minimum Gasteiger partial charge on any atom is -0.417 e. The Labute approximate surface area is 114 Å². The van der Waals surface area contributed by atoms with E-state index in [0.29, 0.717) is 18.3 Å². The molecule has 5 heteroatoms. The van der Waals surface area contributed by atoms with Gasteiger partial charge in [0.25, 0.3) is 0 Å². The molecule has 0 spiro atoms. The van der Waals surface area contributed by atoms with E-state index in [1.807, 2.05) is 24.3 Å². The fraction of sp³-hybridized carbons (Fsp3) is 0.308. The van der Waals surface area contributed by atoms with E-state index in [4.69, 9.17) is 9.15 Å². The first-order valence-electron chi connectivity index (χ1n) is 5.74. The highest BCUT2D eigenvalue weighted by atomic mass is 79.9. The summed E-state index contributed by atoms with van der Waals surface area (Å²) >= 11 is 3.38. The van der Waals surface area contributed by atoms with Crippen molar-refractivity contribution in [1.82, 2.24) is 10.3 Å². The molecule has 1 aromatic carbocycles. The van der Waals surface area contributed by atoms with Gasteiger partial charge in [-0.05, 0) is 18.2 Å². The number of oxazole rings is 1. The minimum atomic E-state index is 0.258. The van der Waals surface area contributed by atoms with Crippen LogP contribution in [0.2, 0.25) is 0 Å². The average Bonchev–Trinajstić information content (AvgIpc) is 2.74. The van der Waals surface area contributed by atoms with Gasteiger partial charge in [-0.2, -0.15) is 4.98 Å². The summed E-state index contributed by atoms with van der Waals surface area (Å²) in [6.07, 6.45) is 1.86. The molecule has 0 aliphatic heterocycles. The minimum absolute atomic E-state index is 0.258. The van der Waals surface area contributed by atoms with Crippen molar-refractivity contribution in [3.8, 4) is 11.8 Å². The molecule has 0 bridgehead atoms. The number of aromatic nitrogens is 1. The number of halogens is 1. The van der Waals surface area contributed by atoms with E-state index in [1.54, 1.807) is 6.26 Å². The summed E-state index contributed by atoms with van der Waals surface area (Å²) in [7, 11) is 0. The number of nitrogens with one attached hydrogen (secondary N) is 1. The summed E-state index contributed by atoms with van der Waals surface area (Å²) in [5.74, 6) is 0.689. The zero-order chi connectivity index (χ0) is 13.0. The molecule has 0 saturated heterocycles. The van der Waals surface area contributed by atoms with Crippen molar-refractivity contribution in [2.75, 3.05) is 0 Å². The fourth-order valence-corrected chi connectivity index (χ4v) is 1.73. The van der Waals surface area contributed by atoms with Gasteiger partial charge >= 0.3 is 6.08 Å². The Morgan fingerprint density at radius 2 is 2.28 bits per heavy atom. The summed E-state index contributed by atoms with van der Waals surface area (Å²) < 4.78 is 11.7. The topological polar surface area (TPSA) is 47.3 Å². The van der Waals surface area contributed by atoms with Crippen molar-refractivity contribution in [3.05, 3.63) is 40.7 Å². The summed E-state index contributed by atoms with van der Waals surface area (Å²) in [5, 5.41) is 3.26. The lowest BCUT2D eigenvalue weighted by atomic mass is 10.3. The molecule has 0 amide bonds. The number of ether oxygens (including phenoxy) is 1. The zero-order valence-electron chi connectivity index (χ0n) is 10.3. The van der Waals surface area contributed by atoms with E-state index in [9.17, 15) is 0 Å². The zero-order valence-corrected chi connectivity index (χ0v) is 11.9. The molecular formula is C13H15BrN2O2. The van der Waals surface area contributed by atoms with Gasteiger partial charge in [-0.3, -0.25) is 0 Å². The predicted molar refractivity (Wildman–Crippen MR) is 72.7 cm³/mol. The smallest absolute Gasteiger partial charge is 0.399 e. The number of nitrogens with zero attached hydrogens (tertiary/aromatic N) is 1. The van der Waals surface area contributed by atoms with Gasteiger partial charge in [-0.25, -0.2) is 0 Å². The molecule has 2 rings (SSSR count). The van der Waals surface area contributed by atoms with Crippen molar-refractivity contribution in [2.45, 2.75) is 26.4 Å². The van der Waals surface area contributed by atoms with Crippen LogP contribution in [-0.4, -0.2) is 11.0 Å². The summed E-state index contributed by atoms with van der Waals surface area (Å²) in [6.45, 7) is 4.83. The van der Waals surface area contributed by atoms with Gasteiger partial charge in [-0.1, -0.05) is 35.8 Å². The van der Waals surface area contributed by atoms with Gasteiger partial charge in [-0.15, -0.1) is 0 Å². The van der Waals surface area contributed by atoms with Gasteiger partial charge < -0.3 is 14.5 Å². The number of hydrogen-bond donors (Lipinski definition) is 1. The monoisotopic (exact) mass is 310 g/mol. The summed E-state index contributed by atoms with van der Waals surface area (Å²) in [4.78, 5) is 4.24. The van der Waals surface area contributed by atoms with Crippen LogP contribution < -0.4 is 10.1 Å². The molecule has 0 aliphatic carbocycles. The second-order valence-corrected chi connectivity index (χ2v) is 5.12. The van der Waals surface area contributed by atoms with Crippen LogP contribution in [0.4, 0.5) is 0 Å². The second-order valence-electron chi connectivity index (χ2n) is 4.20. The van der Waals surface area contributed by atoms with Crippen LogP contribution in [0, 0.1) is 0 Å². The lowest BCUT2D eigenvalue weighted by Gasteiger charge is -2.04. The average molecular weight is 311 g/mol. The van der Waals surface area contributed by atoms with E-state index in [0.717, 1.165) is 10.2 Å². The molecule has 0 fully saturated rings. The van der Waals surface area contributed by atoms with E-state index < -0.39 is 0 Å². The lowest BCUT2D eigenvalue weighted by Crippen LogP contribution is -2.21. The molecule has 1 aromatic heterocycles. The third kappa shape index (κ3) is 3.85. The van der Waals surface area contributed by atoms with Crippen LogP contribution in [0.25, 0.3) is 0 Å². The Kier molecular flexibility index (Phi) is 4.38. The van der Waals surface area contributed by atoms with Crippen LogP contribution in [0.3, 0.4) is 0 Å². The van der Waals surface area contributed by atoms with E-state index in [2.05, 4.69) is 40.1 Å². The Morgan fingerprint density at radius 1 is 1.44 bits per heavy atom.